The lowest BCUT2D eigenvalue weighted by Crippen LogP contribution is -2.49. The van der Waals surface area contributed by atoms with Crippen molar-refractivity contribution in [3.8, 4) is 5.75 Å². The number of hydrogen-bond donors (Lipinski definition) is 3. The maximum Gasteiger partial charge on any atom is 0.418 e. The predicted octanol–water partition coefficient (Wildman–Crippen LogP) is 4.84. The first-order valence-corrected chi connectivity index (χ1v) is 11.5. The van der Waals surface area contributed by atoms with Gasteiger partial charge in [-0.1, -0.05) is 11.6 Å². The van der Waals surface area contributed by atoms with Crippen LogP contribution in [0.15, 0.2) is 42.9 Å². The zero-order valence-electron chi connectivity index (χ0n) is 19.7. The maximum absolute atomic E-state index is 13.4. The molecule has 1 aliphatic carbocycles. The van der Waals surface area contributed by atoms with Gasteiger partial charge in [-0.05, 0) is 56.5 Å². The number of nitrogens with one attached hydrogen (secondary N) is 3. The summed E-state index contributed by atoms with van der Waals surface area (Å²) in [5, 5.41) is 8.01. The first-order chi connectivity index (χ1) is 17.4. The zero-order chi connectivity index (χ0) is 26.8. The van der Waals surface area contributed by atoms with Gasteiger partial charge in [0, 0.05) is 5.02 Å². The quantitative estimate of drug-likeness (QED) is 0.397. The van der Waals surface area contributed by atoms with Crippen LogP contribution in [0.25, 0.3) is 0 Å². The van der Waals surface area contributed by atoms with Gasteiger partial charge in [-0.15, -0.1) is 0 Å². The molecule has 0 unspecified atom stereocenters. The molecule has 1 fully saturated rings. The van der Waals surface area contributed by atoms with Crippen molar-refractivity contribution >= 4 is 35.0 Å². The van der Waals surface area contributed by atoms with Crippen molar-refractivity contribution in [2.75, 3.05) is 5.32 Å². The number of alkyl halides is 3. The van der Waals surface area contributed by atoms with Crippen molar-refractivity contribution in [2.45, 2.75) is 44.9 Å². The molecule has 13 heteroatoms. The Morgan fingerprint density at radius 1 is 1.08 bits per heavy atom. The number of aromatic nitrogens is 3. The second-order valence-electron chi connectivity index (χ2n) is 8.55. The number of pyridine rings is 1. The van der Waals surface area contributed by atoms with Gasteiger partial charge in [-0.25, -0.2) is 14.8 Å². The van der Waals surface area contributed by atoms with Crippen molar-refractivity contribution < 1.29 is 27.5 Å². The molecule has 1 aliphatic rings. The minimum atomic E-state index is -4.59. The van der Waals surface area contributed by atoms with E-state index in [2.05, 4.69) is 30.9 Å². The number of anilines is 2. The molecule has 0 atom stereocenters. The molecule has 2 heterocycles. The van der Waals surface area contributed by atoms with Gasteiger partial charge >= 0.3 is 12.3 Å². The Kier molecular flexibility index (Phi) is 7.21. The van der Waals surface area contributed by atoms with E-state index in [4.69, 9.17) is 16.3 Å². The van der Waals surface area contributed by atoms with Crippen LogP contribution >= 0.6 is 11.6 Å². The van der Waals surface area contributed by atoms with E-state index in [0.717, 1.165) is 6.07 Å². The van der Waals surface area contributed by atoms with Crippen molar-refractivity contribution in [2.24, 2.45) is 0 Å². The Hall–Kier alpha value is -3.93. The lowest BCUT2D eigenvalue weighted by atomic mass is 10.1. The SMILES string of the molecule is Cc1ncc(OC(=O)NC2(C(=O)NCc3ncc(Nc4ccc(Cl)cc4C(F)(F)F)cc3C)CC2)cn1. The van der Waals surface area contributed by atoms with Crippen LogP contribution in [0.3, 0.4) is 0 Å². The van der Waals surface area contributed by atoms with Crippen LogP contribution in [-0.4, -0.2) is 32.5 Å². The average Bonchev–Trinajstić information content (AvgIpc) is 3.61. The van der Waals surface area contributed by atoms with E-state index >= 15 is 0 Å². The van der Waals surface area contributed by atoms with Crippen molar-refractivity contribution in [1.29, 1.82) is 0 Å². The number of halogens is 4. The number of hydrogen-bond acceptors (Lipinski definition) is 7. The fourth-order valence-corrected chi connectivity index (χ4v) is 3.67. The van der Waals surface area contributed by atoms with E-state index in [1.54, 1.807) is 19.9 Å². The van der Waals surface area contributed by atoms with E-state index in [1.807, 2.05) is 0 Å². The first kappa shape index (κ1) is 26.1. The highest BCUT2D eigenvalue weighted by molar-refractivity contribution is 6.30. The summed E-state index contributed by atoms with van der Waals surface area (Å²) >= 11 is 5.73. The third-order valence-electron chi connectivity index (χ3n) is 5.66. The second kappa shape index (κ2) is 10.2. The average molecular weight is 535 g/mol. The molecule has 0 bridgehead atoms. The highest BCUT2D eigenvalue weighted by Gasteiger charge is 2.51. The molecule has 2 aromatic heterocycles. The predicted molar refractivity (Wildman–Crippen MR) is 128 cm³/mol. The molecule has 3 aromatic rings. The summed E-state index contributed by atoms with van der Waals surface area (Å²) in [6.07, 6.45) is -0.434. The van der Waals surface area contributed by atoms with E-state index in [-0.39, 0.29) is 23.0 Å². The second-order valence-corrected chi connectivity index (χ2v) is 8.98. The number of aryl methyl sites for hydroxylation is 2. The van der Waals surface area contributed by atoms with Crippen LogP contribution in [0, 0.1) is 13.8 Å². The standard InChI is InChI=1S/C24H22ClF3N6O3/c1-13-7-16(33-19-4-3-15(25)8-18(19)24(26,27)28)9-31-20(13)12-32-21(35)23(5-6-23)34-22(36)37-17-10-29-14(2)30-11-17/h3-4,7-11,33H,5-6,12H2,1-2H3,(H,32,35)(H,34,36). The van der Waals surface area contributed by atoms with Gasteiger partial charge in [-0.2, -0.15) is 13.2 Å². The Balaban J connectivity index is 1.35. The van der Waals surface area contributed by atoms with E-state index in [9.17, 15) is 22.8 Å². The van der Waals surface area contributed by atoms with Crippen LogP contribution in [0.2, 0.25) is 5.02 Å². The van der Waals surface area contributed by atoms with Crippen LogP contribution < -0.4 is 20.7 Å². The molecule has 4 rings (SSSR count). The fraction of sp³-hybridized carbons (Fsp3) is 0.292. The number of carbonyl (C=O) groups is 2. The molecule has 0 spiro atoms. The minimum Gasteiger partial charge on any atom is -0.407 e. The zero-order valence-corrected chi connectivity index (χ0v) is 20.5. The monoisotopic (exact) mass is 534 g/mol. The molecule has 1 saturated carbocycles. The molecule has 0 saturated heterocycles. The van der Waals surface area contributed by atoms with Gasteiger partial charge in [0.05, 0.1) is 47.8 Å². The Morgan fingerprint density at radius 3 is 2.41 bits per heavy atom. The third kappa shape index (κ3) is 6.45. The maximum atomic E-state index is 13.4. The van der Waals surface area contributed by atoms with Gasteiger partial charge in [0.15, 0.2) is 5.75 Å². The van der Waals surface area contributed by atoms with Gasteiger partial charge in [0.2, 0.25) is 5.91 Å². The smallest absolute Gasteiger partial charge is 0.407 e. The summed E-state index contributed by atoms with van der Waals surface area (Å²) in [7, 11) is 0. The van der Waals surface area contributed by atoms with E-state index < -0.39 is 29.3 Å². The first-order valence-electron chi connectivity index (χ1n) is 11.1. The molecule has 3 N–H and O–H groups in total. The number of amides is 2. The third-order valence-corrected chi connectivity index (χ3v) is 5.90. The molecule has 9 nitrogen and oxygen atoms in total. The van der Waals surface area contributed by atoms with Crippen LogP contribution in [0.4, 0.5) is 29.3 Å². The van der Waals surface area contributed by atoms with Gasteiger partial charge < -0.3 is 20.7 Å². The highest BCUT2D eigenvalue weighted by Crippen LogP contribution is 2.38. The van der Waals surface area contributed by atoms with E-state index in [0.29, 0.717) is 35.6 Å². The Bertz CT molecular complexity index is 1330. The number of carbonyl (C=O) groups excluding carboxylic acids is 2. The topological polar surface area (TPSA) is 118 Å². The largest absolute Gasteiger partial charge is 0.418 e. The summed E-state index contributed by atoms with van der Waals surface area (Å²) in [4.78, 5) is 37.1. The Morgan fingerprint density at radius 2 is 1.78 bits per heavy atom. The fourth-order valence-electron chi connectivity index (χ4n) is 3.50. The van der Waals surface area contributed by atoms with Gasteiger partial charge in [-0.3, -0.25) is 9.78 Å². The molecule has 194 valence electrons. The molecule has 0 radical (unpaired) electrons. The lowest BCUT2D eigenvalue weighted by Gasteiger charge is -2.18. The number of rotatable bonds is 7. The van der Waals surface area contributed by atoms with Gasteiger partial charge in [0.1, 0.15) is 11.4 Å². The molecule has 1 aromatic carbocycles. The highest BCUT2D eigenvalue weighted by atomic mass is 35.5. The molecule has 2 amide bonds. The number of nitrogens with zero attached hydrogens (tertiary/aromatic N) is 3. The van der Waals surface area contributed by atoms with Crippen molar-refractivity contribution in [3.05, 3.63) is 70.5 Å². The van der Waals surface area contributed by atoms with Crippen molar-refractivity contribution in [1.82, 2.24) is 25.6 Å². The minimum absolute atomic E-state index is 0.0291. The van der Waals surface area contributed by atoms with E-state index in [1.165, 1.54) is 30.7 Å². The summed E-state index contributed by atoms with van der Waals surface area (Å²) in [6, 6.07) is 5.07. The molecule has 0 aliphatic heterocycles. The van der Waals surface area contributed by atoms with Crippen molar-refractivity contribution in [3.63, 3.8) is 0 Å². The normalized spacial score (nSPS) is 14.0. The number of ether oxygens (including phenoxy) is 1. The summed E-state index contributed by atoms with van der Waals surface area (Å²) in [6.45, 7) is 3.47. The Labute approximate surface area is 214 Å². The summed E-state index contributed by atoms with van der Waals surface area (Å²) in [5.74, 6) is 0.271. The summed E-state index contributed by atoms with van der Waals surface area (Å²) < 4.78 is 45.2. The van der Waals surface area contributed by atoms with Gasteiger partial charge in [0.25, 0.3) is 0 Å². The summed E-state index contributed by atoms with van der Waals surface area (Å²) in [5.41, 5.74) is -0.649. The van der Waals surface area contributed by atoms with Crippen LogP contribution in [0.1, 0.15) is 35.5 Å². The molecule has 37 heavy (non-hydrogen) atoms. The van der Waals surface area contributed by atoms with Crippen LogP contribution in [-0.2, 0) is 17.5 Å². The van der Waals surface area contributed by atoms with Crippen LogP contribution in [0.5, 0.6) is 5.75 Å². The molecular formula is C24H22ClF3N6O3. The molecular weight excluding hydrogens is 513 g/mol. The lowest BCUT2D eigenvalue weighted by molar-refractivity contribution is -0.137. The number of benzene rings is 1.